The number of benzene rings is 1. The van der Waals surface area contributed by atoms with E-state index in [4.69, 9.17) is 14.3 Å². The van der Waals surface area contributed by atoms with Crippen LogP contribution in [-0.2, 0) is 6.61 Å². The van der Waals surface area contributed by atoms with Gasteiger partial charge in [0, 0.05) is 19.3 Å². The topological polar surface area (TPSA) is 62.9 Å². The summed E-state index contributed by atoms with van der Waals surface area (Å²) in [6, 6.07) is 11.0. The third-order valence-corrected chi connectivity index (χ3v) is 4.45. The van der Waals surface area contributed by atoms with Gasteiger partial charge in [0.1, 0.15) is 18.1 Å². The standard InChI is InChI=1S/C22H31NO4/c1-16(14-22(2,3)4)12-13-23(5)17-6-8-18(9-7-17)26-15-19-10-11-20(27-19)21(24)25/h6-11,16H,12-15H2,1-5H3,(H,24,25). The molecule has 27 heavy (non-hydrogen) atoms. The van der Waals surface area contributed by atoms with E-state index < -0.39 is 5.97 Å². The molecule has 0 saturated carbocycles. The molecular weight excluding hydrogens is 342 g/mol. The quantitative estimate of drug-likeness (QED) is 0.633. The number of carboxylic acid groups (broad SMARTS) is 1. The zero-order chi connectivity index (χ0) is 20.0. The van der Waals surface area contributed by atoms with Crippen LogP contribution in [0.2, 0.25) is 0 Å². The van der Waals surface area contributed by atoms with Gasteiger partial charge in [-0.05, 0) is 60.6 Å². The number of rotatable bonds is 9. The van der Waals surface area contributed by atoms with Crippen molar-refractivity contribution in [2.45, 2.75) is 47.1 Å². The molecular formula is C22H31NO4. The fraction of sp³-hybridized carbons (Fsp3) is 0.500. The van der Waals surface area contributed by atoms with Crippen molar-refractivity contribution in [3.05, 3.63) is 47.9 Å². The first-order chi connectivity index (χ1) is 12.6. The number of carboxylic acids is 1. The van der Waals surface area contributed by atoms with Gasteiger partial charge >= 0.3 is 5.97 Å². The zero-order valence-electron chi connectivity index (χ0n) is 17.0. The van der Waals surface area contributed by atoms with E-state index in [9.17, 15) is 4.79 Å². The van der Waals surface area contributed by atoms with Crippen molar-refractivity contribution in [1.82, 2.24) is 0 Å². The lowest BCUT2D eigenvalue weighted by Gasteiger charge is -2.26. The molecule has 5 heteroatoms. The normalized spacial score (nSPS) is 12.6. The lowest BCUT2D eigenvalue weighted by molar-refractivity contribution is 0.0658. The Balaban J connectivity index is 1.82. The minimum Gasteiger partial charge on any atom is -0.486 e. The first kappa shape index (κ1) is 20.9. The van der Waals surface area contributed by atoms with Crippen molar-refractivity contribution < 1.29 is 19.1 Å². The van der Waals surface area contributed by atoms with Crippen LogP contribution in [0.3, 0.4) is 0 Å². The van der Waals surface area contributed by atoms with Crippen LogP contribution in [0.1, 0.15) is 56.9 Å². The van der Waals surface area contributed by atoms with E-state index in [0.717, 1.165) is 24.4 Å². The number of aromatic carboxylic acids is 1. The summed E-state index contributed by atoms with van der Waals surface area (Å²) in [5.74, 6) is 0.749. The molecule has 1 unspecified atom stereocenters. The van der Waals surface area contributed by atoms with Gasteiger partial charge in [0.15, 0.2) is 0 Å². The molecule has 5 nitrogen and oxygen atoms in total. The fourth-order valence-electron chi connectivity index (χ4n) is 3.21. The van der Waals surface area contributed by atoms with Crippen LogP contribution in [0.15, 0.2) is 40.8 Å². The number of anilines is 1. The van der Waals surface area contributed by atoms with Crippen LogP contribution in [0.5, 0.6) is 5.75 Å². The number of hydrogen-bond donors (Lipinski definition) is 1. The van der Waals surface area contributed by atoms with Gasteiger partial charge in [-0.1, -0.05) is 27.7 Å². The van der Waals surface area contributed by atoms with Gasteiger partial charge in [0.25, 0.3) is 0 Å². The van der Waals surface area contributed by atoms with E-state index in [1.165, 1.54) is 12.5 Å². The maximum atomic E-state index is 10.8. The van der Waals surface area contributed by atoms with E-state index in [0.29, 0.717) is 17.1 Å². The summed E-state index contributed by atoms with van der Waals surface area (Å²) in [6.45, 7) is 10.4. The predicted octanol–water partition coefficient (Wildman–Crippen LogP) is 5.46. The summed E-state index contributed by atoms with van der Waals surface area (Å²) in [4.78, 5) is 13.1. The molecule has 1 heterocycles. The molecule has 2 aromatic rings. The van der Waals surface area contributed by atoms with E-state index >= 15 is 0 Å². The average Bonchev–Trinajstić information content (AvgIpc) is 3.06. The summed E-state index contributed by atoms with van der Waals surface area (Å²) in [5.41, 5.74) is 1.52. The summed E-state index contributed by atoms with van der Waals surface area (Å²) in [7, 11) is 2.11. The minimum absolute atomic E-state index is 0.0775. The third-order valence-electron chi connectivity index (χ3n) is 4.45. The van der Waals surface area contributed by atoms with Crippen LogP contribution in [0, 0.1) is 11.3 Å². The first-order valence-corrected chi connectivity index (χ1v) is 9.40. The van der Waals surface area contributed by atoms with E-state index in [1.54, 1.807) is 6.07 Å². The molecule has 148 valence electrons. The monoisotopic (exact) mass is 373 g/mol. The maximum Gasteiger partial charge on any atom is 0.371 e. The van der Waals surface area contributed by atoms with Gasteiger partial charge in [0.2, 0.25) is 5.76 Å². The lowest BCUT2D eigenvalue weighted by atomic mass is 9.84. The fourth-order valence-corrected chi connectivity index (χ4v) is 3.21. The van der Waals surface area contributed by atoms with Crippen molar-refractivity contribution in [1.29, 1.82) is 0 Å². The number of carbonyl (C=O) groups is 1. The van der Waals surface area contributed by atoms with Gasteiger partial charge in [-0.15, -0.1) is 0 Å². The van der Waals surface area contributed by atoms with Gasteiger partial charge in [0.05, 0.1) is 0 Å². The largest absolute Gasteiger partial charge is 0.486 e. The molecule has 0 saturated heterocycles. The van der Waals surface area contributed by atoms with Crippen LogP contribution in [0.25, 0.3) is 0 Å². The van der Waals surface area contributed by atoms with Crippen LogP contribution < -0.4 is 9.64 Å². The molecule has 1 atom stereocenters. The second-order valence-corrected chi connectivity index (χ2v) is 8.43. The molecule has 0 spiro atoms. The number of ether oxygens (including phenoxy) is 1. The zero-order valence-corrected chi connectivity index (χ0v) is 17.0. The average molecular weight is 373 g/mol. The molecule has 2 rings (SSSR count). The second kappa shape index (κ2) is 8.98. The van der Waals surface area contributed by atoms with Gasteiger partial charge < -0.3 is 19.2 Å². The summed E-state index contributed by atoms with van der Waals surface area (Å²) >= 11 is 0. The van der Waals surface area contributed by atoms with Crippen LogP contribution in [-0.4, -0.2) is 24.7 Å². The predicted molar refractivity (Wildman–Crippen MR) is 108 cm³/mol. The van der Waals surface area contributed by atoms with Crippen molar-refractivity contribution >= 4 is 11.7 Å². The number of furan rings is 1. The van der Waals surface area contributed by atoms with Crippen LogP contribution >= 0.6 is 0 Å². The van der Waals surface area contributed by atoms with E-state index in [1.807, 2.05) is 24.3 Å². The molecule has 0 aliphatic carbocycles. The highest BCUT2D eigenvalue weighted by atomic mass is 16.5. The number of nitrogens with zero attached hydrogens (tertiary/aromatic N) is 1. The van der Waals surface area contributed by atoms with Gasteiger partial charge in [-0.25, -0.2) is 4.79 Å². The smallest absolute Gasteiger partial charge is 0.371 e. The minimum atomic E-state index is -1.08. The summed E-state index contributed by atoms with van der Waals surface area (Å²) < 4.78 is 10.9. The molecule has 0 aliphatic rings. The van der Waals surface area contributed by atoms with Crippen molar-refractivity contribution in [2.24, 2.45) is 11.3 Å². The SMILES string of the molecule is CC(CCN(C)c1ccc(OCc2ccc(C(=O)O)o2)cc1)CC(C)(C)C. The Hall–Kier alpha value is -2.43. The molecule has 1 aromatic carbocycles. The Morgan fingerprint density at radius 2 is 1.85 bits per heavy atom. The highest BCUT2D eigenvalue weighted by molar-refractivity contribution is 5.84. The van der Waals surface area contributed by atoms with E-state index in [2.05, 4.69) is 39.6 Å². The molecule has 0 bridgehead atoms. The maximum absolute atomic E-state index is 10.8. The Morgan fingerprint density at radius 1 is 1.19 bits per heavy atom. The molecule has 1 aromatic heterocycles. The first-order valence-electron chi connectivity index (χ1n) is 9.40. The molecule has 0 fully saturated rings. The van der Waals surface area contributed by atoms with Crippen molar-refractivity contribution in [3.8, 4) is 5.75 Å². The Bertz CT molecular complexity index is 728. The number of hydrogen-bond acceptors (Lipinski definition) is 4. The highest BCUT2D eigenvalue weighted by Crippen LogP contribution is 2.27. The molecule has 0 radical (unpaired) electrons. The summed E-state index contributed by atoms with van der Waals surface area (Å²) in [5, 5.41) is 8.86. The van der Waals surface area contributed by atoms with Gasteiger partial charge in [-0.3, -0.25) is 0 Å². The molecule has 0 aliphatic heterocycles. The Kier molecular flexibility index (Phi) is 6.94. The molecule has 1 N–H and O–H groups in total. The molecule has 0 amide bonds. The van der Waals surface area contributed by atoms with Crippen LogP contribution in [0.4, 0.5) is 5.69 Å². The highest BCUT2D eigenvalue weighted by Gasteiger charge is 2.15. The van der Waals surface area contributed by atoms with Gasteiger partial charge in [-0.2, -0.15) is 0 Å². The lowest BCUT2D eigenvalue weighted by Crippen LogP contribution is -2.22. The van der Waals surface area contributed by atoms with Crippen molar-refractivity contribution in [2.75, 3.05) is 18.5 Å². The van der Waals surface area contributed by atoms with E-state index in [-0.39, 0.29) is 12.4 Å². The third kappa shape index (κ3) is 7.00. The second-order valence-electron chi connectivity index (χ2n) is 8.43. The van der Waals surface area contributed by atoms with Crippen molar-refractivity contribution in [3.63, 3.8) is 0 Å². The Labute approximate surface area is 161 Å². The Morgan fingerprint density at radius 3 is 2.41 bits per heavy atom. The summed E-state index contributed by atoms with van der Waals surface area (Å²) in [6.07, 6.45) is 2.39.